The van der Waals surface area contributed by atoms with Crippen LogP contribution in [-0.2, 0) is 14.3 Å². The molecule has 0 saturated carbocycles. The van der Waals surface area contributed by atoms with Gasteiger partial charge < -0.3 is 10.1 Å². The third-order valence-corrected chi connectivity index (χ3v) is 3.39. The first kappa shape index (κ1) is 18.4. The second kappa shape index (κ2) is 8.80. The van der Waals surface area contributed by atoms with Crippen molar-refractivity contribution in [3.8, 4) is 0 Å². The van der Waals surface area contributed by atoms with Gasteiger partial charge in [0.2, 0.25) is 5.91 Å². The number of hydrogen-bond acceptors (Lipinski definition) is 4. The molecule has 0 unspecified atom stereocenters. The Morgan fingerprint density at radius 3 is 2.28 bits per heavy atom. The van der Waals surface area contributed by atoms with E-state index in [0.717, 1.165) is 0 Å². The van der Waals surface area contributed by atoms with Crippen LogP contribution in [0, 0.1) is 0 Å². The van der Waals surface area contributed by atoms with Crippen molar-refractivity contribution in [2.24, 2.45) is 0 Å². The summed E-state index contributed by atoms with van der Waals surface area (Å²) in [6.07, 6.45) is 1.48. The van der Waals surface area contributed by atoms with Crippen molar-refractivity contribution in [2.45, 2.75) is 6.92 Å². The highest BCUT2D eigenvalue weighted by atomic mass is 35.5. The average Bonchev–Trinajstić information content (AvgIpc) is 2.60. The number of Topliss-reactive ketones (excluding diaryl/α,β-unsaturated/α-hetero) is 1. The molecule has 0 aliphatic heterocycles. The van der Waals surface area contributed by atoms with Gasteiger partial charge in [-0.05, 0) is 35.9 Å². The predicted octanol–water partition coefficient (Wildman–Crippen LogP) is 3.24. The minimum absolute atomic E-state index is 0.0393. The highest BCUT2D eigenvalue weighted by Crippen LogP contribution is 2.11. The molecule has 1 N–H and O–H groups in total. The molecule has 0 heterocycles. The highest BCUT2D eigenvalue weighted by Gasteiger charge is 2.15. The number of rotatable bonds is 6. The lowest BCUT2D eigenvalue weighted by Crippen LogP contribution is -2.27. The van der Waals surface area contributed by atoms with E-state index in [0.29, 0.717) is 16.1 Å². The minimum atomic E-state index is -0.790. The van der Waals surface area contributed by atoms with Crippen molar-refractivity contribution in [3.05, 3.63) is 76.4 Å². The van der Waals surface area contributed by atoms with Crippen LogP contribution in [0.4, 0.5) is 0 Å². The van der Waals surface area contributed by atoms with Crippen LogP contribution in [0.25, 0.3) is 6.08 Å². The average molecular weight is 358 g/mol. The van der Waals surface area contributed by atoms with Gasteiger partial charge in [-0.15, -0.1) is 0 Å². The van der Waals surface area contributed by atoms with E-state index in [1.54, 1.807) is 48.5 Å². The lowest BCUT2D eigenvalue weighted by Gasteiger charge is -2.09. The van der Waals surface area contributed by atoms with Gasteiger partial charge in [0, 0.05) is 17.5 Å². The fourth-order valence-electron chi connectivity index (χ4n) is 1.98. The Morgan fingerprint density at radius 2 is 1.68 bits per heavy atom. The van der Waals surface area contributed by atoms with Crippen LogP contribution in [0.2, 0.25) is 5.02 Å². The smallest absolute Gasteiger partial charge is 0.355 e. The van der Waals surface area contributed by atoms with E-state index in [1.165, 1.54) is 13.0 Å². The molecule has 0 saturated heterocycles. The van der Waals surface area contributed by atoms with E-state index in [1.807, 2.05) is 6.07 Å². The molecule has 1 amide bonds. The molecule has 25 heavy (non-hydrogen) atoms. The molecule has 0 aliphatic rings. The summed E-state index contributed by atoms with van der Waals surface area (Å²) in [6, 6.07) is 15.2. The molecule has 6 heteroatoms. The molecule has 0 aromatic heterocycles. The van der Waals surface area contributed by atoms with Crippen LogP contribution >= 0.6 is 11.6 Å². The molecule has 0 atom stereocenters. The number of amides is 1. The maximum absolute atomic E-state index is 12.2. The Morgan fingerprint density at radius 1 is 1.04 bits per heavy atom. The summed E-state index contributed by atoms with van der Waals surface area (Å²) in [5.41, 5.74) is 1.06. The Kier molecular flexibility index (Phi) is 6.48. The molecule has 0 radical (unpaired) electrons. The van der Waals surface area contributed by atoms with Crippen LogP contribution in [0.3, 0.4) is 0 Å². The predicted molar refractivity (Wildman–Crippen MR) is 95.0 cm³/mol. The Bertz CT molecular complexity index is 798. The number of benzene rings is 2. The molecule has 128 valence electrons. The Hall–Kier alpha value is -2.92. The van der Waals surface area contributed by atoms with Gasteiger partial charge >= 0.3 is 5.97 Å². The number of esters is 1. The lowest BCUT2D eigenvalue weighted by atomic mass is 10.1. The number of ether oxygens (including phenoxy) is 1. The van der Waals surface area contributed by atoms with E-state index >= 15 is 0 Å². The SMILES string of the molecule is CC(=O)N/C(=C\c1ccccc1)C(=O)OCC(=O)c1ccc(Cl)cc1. The van der Waals surface area contributed by atoms with Crippen molar-refractivity contribution >= 4 is 35.3 Å². The normalized spacial score (nSPS) is 10.9. The van der Waals surface area contributed by atoms with Gasteiger partial charge in [0.1, 0.15) is 5.70 Å². The van der Waals surface area contributed by atoms with Gasteiger partial charge in [0.15, 0.2) is 12.4 Å². The zero-order valence-corrected chi connectivity index (χ0v) is 14.2. The fraction of sp³-hybridized carbons (Fsp3) is 0.105. The minimum Gasteiger partial charge on any atom is -0.453 e. The molecule has 2 rings (SSSR count). The number of carbonyl (C=O) groups excluding carboxylic acids is 3. The summed E-state index contributed by atoms with van der Waals surface area (Å²) >= 11 is 5.77. The van der Waals surface area contributed by atoms with E-state index in [4.69, 9.17) is 16.3 Å². The standard InChI is InChI=1S/C19H16ClNO4/c1-13(22)21-17(11-14-5-3-2-4-6-14)19(24)25-12-18(23)15-7-9-16(20)10-8-15/h2-11H,12H2,1H3,(H,21,22)/b17-11-. The van der Waals surface area contributed by atoms with Gasteiger partial charge in [-0.2, -0.15) is 0 Å². The van der Waals surface area contributed by atoms with Crippen molar-refractivity contribution in [1.82, 2.24) is 5.32 Å². The van der Waals surface area contributed by atoms with Crippen molar-refractivity contribution in [2.75, 3.05) is 6.61 Å². The zero-order chi connectivity index (χ0) is 18.2. The summed E-state index contributed by atoms with van der Waals surface area (Å²) in [6.45, 7) is 0.844. The van der Waals surface area contributed by atoms with Crippen LogP contribution in [0.1, 0.15) is 22.8 Å². The van der Waals surface area contributed by atoms with Crippen LogP contribution < -0.4 is 5.32 Å². The van der Waals surface area contributed by atoms with Gasteiger partial charge in [-0.3, -0.25) is 9.59 Å². The number of nitrogens with one attached hydrogen (secondary N) is 1. The largest absolute Gasteiger partial charge is 0.453 e. The van der Waals surface area contributed by atoms with E-state index < -0.39 is 18.5 Å². The molecular weight excluding hydrogens is 342 g/mol. The summed E-state index contributed by atoms with van der Waals surface area (Å²) in [5.74, 6) is -1.57. The summed E-state index contributed by atoms with van der Waals surface area (Å²) in [7, 11) is 0. The molecule has 0 aliphatic carbocycles. The molecule has 5 nitrogen and oxygen atoms in total. The van der Waals surface area contributed by atoms with Gasteiger partial charge in [-0.25, -0.2) is 4.79 Å². The molecule has 0 fully saturated rings. The zero-order valence-electron chi connectivity index (χ0n) is 13.5. The quantitative estimate of drug-likeness (QED) is 0.489. The lowest BCUT2D eigenvalue weighted by molar-refractivity contribution is -0.139. The van der Waals surface area contributed by atoms with E-state index in [-0.39, 0.29) is 11.5 Å². The fourth-order valence-corrected chi connectivity index (χ4v) is 2.11. The second-order valence-electron chi connectivity index (χ2n) is 5.16. The summed E-state index contributed by atoms with van der Waals surface area (Å²) in [4.78, 5) is 35.5. The van der Waals surface area contributed by atoms with Crippen LogP contribution in [-0.4, -0.2) is 24.3 Å². The number of carbonyl (C=O) groups is 3. The van der Waals surface area contributed by atoms with Gasteiger partial charge in [0.25, 0.3) is 0 Å². The maximum Gasteiger partial charge on any atom is 0.355 e. The summed E-state index contributed by atoms with van der Waals surface area (Å²) < 4.78 is 5.02. The highest BCUT2D eigenvalue weighted by molar-refractivity contribution is 6.30. The second-order valence-corrected chi connectivity index (χ2v) is 5.59. The van der Waals surface area contributed by atoms with Crippen molar-refractivity contribution in [3.63, 3.8) is 0 Å². The Balaban J connectivity index is 2.06. The number of halogens is 1. The van der Waals surface area contributed by atoms with E-state index in [9.17, 15) is 14.4 Å². The maximum atomic E-state index is 12.2. The first-order valence-electron chi connectivity index (χ1n) is 7.46. The third kappa shape index (κ3) is 5.90. The topological polar surface area (TPSA) is 72.5 Å². The molecule has 2 aromatic rings. The Labute approximate surface area is 150 Å². The molecule has 0 bridgehead atoms. The third-order valence-electron chi connectivity index (χ3n) is 3.14. The van der Waals surface area contributed by atoms with Crippen molar-refractivity contribution < 1.29 is 19.1 Å². The molecular formula is C19H16ClNO4. The summed E-state index contributed by atoms with van der Waals surface area (Å²) in [5, 5.41) is 2.92. The molecule has 2 aromatic carbocycles. The van der Waals surface area contributed by atoms with E-state index in [2.05, 4.69) is 5.32 Å². The number of hydrogen-bond donors (Lipinski definition) is 1. The monoisotopic (exact) mass is 357 g/mol. The first-order valence-corrected chi connectivity index (χ1v) is 7.84. The number of ketones is 1. The van der Waals surface area contributed by atoms with Crippen LogP contribution in [0.5, 0.6) is 0 Å². The van der Waals surface area contributed by atoms with Gasteiger partial charge in [-0.1, -0.05) is 41.9 Å². The van der Waals surface area contributed by atoms with Gasteiger partial charge in [0.05, 0.1) is 0 Å². The van der Waals surface area contributed by atoms with Crippen molar-refractivity contribution in [1.29, 1.82) is 0 Å². The first-order chi connectivity index (χ1) is 12.0. The molecule has 0 spiro atoms. The van der Waals surface area contributed by atoms with Crippen LogP contribution in [0.15, 0.2) is 60.3 Å².